The van der Waals surface area contributed by atoms with Crippen molar-refractivity contribution in [2.75, 3.05) is 18.9 Å². The SMILES string of the molecule is CCNC(CCSC(C)C(C)O)C(=O)OCC. The minimum absolute atomic E-state index is 0.181. The van der Waals surface area contributed by atoms with E-state index in [9.17, 15) is 9.90 Å². The summed E-state index contributed by atoms with van der Waals surface area (Å²) in [5, 5.41) is 12.7. The zero-order valence-electron chi connectivity index (χ0n) is 11.2. The number of esters is 1. The van der Waals surface area contributed by atoms with Crippen LogP contribution in [0.3, 0.4) is 0 Å². The second kappa shape index (κ2) is 9.74. The molecular formula is C12H25NO3S. The Labute approximate surface area is 108 Å². The third-order valence-electron chi connectivity index (χ3n) is 2.49. The average Bonchev–Trinajstić information content (AvgIpc) is 2.27. The van der Waals surface area contributed by atoms with Crippen molar-refractivity contribution >= 4 is 17.7 Å². The van der Waals surface area contributed by atoms with Crippen LogP contribution in [0.25, 0.3) is 0 Å². The van der Waals surface area contributed by atoms with Gasteiger partial charge in [-0.15, -0.1) is 0 Å². The topological polar surface area (TPSA) is 58.6 Å². The summed E-state index contributed by atoms with van der Waals surface area (Å²) in [4.78, 5) is 11.6. The minimum atomic E-state index is -0.319. The molecule has 0 rings (SSSR count). The first-order chi connectivity index (χ1) is 8.02. The number of aliphatic hydroxyl groups is 1. The fourth-order valence-electron chi connectivity index (χ4n) is 1.30. The Bertz CT molecular complexity index is 212. The summed E-state index contributed by atoms with van der Waals surface area (Å²) in [6.07, 6.45) is 0.411. The number of aliphatic hydroxyl groups excluding tert-OH is 1. The van der Waals surface area contributed by atoms with Crippen LogP contribution in [0.15, 0.2) is 0 Å². The summed E-state index contributed by atoms with van der Waals surface area (Å²) in [5.41, 5.74) is 0. The average molecular weight is 263 g/mol. The lowest BCUT2D eigenvalue weighted by molar-refractivity contribution is -0.145. The highest BCUT2D eigenvalue weighted by atomic mass is 32.2. The molecule has 0 saturated carbocycles. The van der Waals surface area contributed by atoms with Gasteiger partial charge in [0.15, 0.2) is 0 Å². The molecule has 0 heterocycles. The molecule has 0 radical (unpaired) electrons. The van der Waals surface area contributed by atoms with Gasteiger partial charge in [0.25, 0.3) is 0 Å². The van der Waals surface area contributed by atoms with Crippen molar-refractivity contribution in [3.05, 3.63) is 0 Å². The highest BCUT2D eigenvalue weighted by molar-refractivity contribution is 7.99. The number of nitrogens with one attached hydrogen (secondary N) is 1. The van der Waals surface area contributed by atoms with E-state index in [-0.39, 0.29) is 23.4 Å². The number of rotatable bonds is 9. The fraction of sp³-hybridized carbons (Fsp3) is 0.917. The molecule has 0 aliphatic carbocycles. The smallest absolute Gasteiger partial charge is 0.323 e. The molecule has 4 nitrogen and oxygen atoms in total. The van der Waals surface area contributed by atoms with Crippen LogP contribution in [0.2, 0.25) is 0 Å². The molecule has 3 atom stereocenters. The van der Waals surface area contributed by atoms with Gasteiger partial charge in [-0.1, -0.05) is 13.8 Å². The molecule has 0 saturated heterocycles. The zero-order chi connectivity index (χ0) is 13.3. The van der Waals surface area contributed by atoms with Crippen LogP contribution >= 0.6 is 11.8 Å². The summed E-state index contributed by atoms with van der Waals surface area (Å²) in [5.74, 6) is 0.655. The molecule has 0 aromatic carbocycles. The van der Waals surface area contributed by atoms with Crippen LogP contribution in [-0.2, 0) is 9.53 Å². The predicted octanol–water partition coefficient (Wildman–Crippen LogP) is 1.42. The minimum Gasteiger partial charge on any atom is -0.465 e. The van der Waals surface area contributed by atoms with Crippen LogP contribution < -0.4 is 5.32 Å². The van der Waals surface area contributed by atoms with Gasteiger partial charge in [-0.25, -0.2) is 0 Å². The highest BCUT2D eigenvalue weighted by Gasteiger charge is 2.19. The quantitative estimate of drug-likeness (QED) is 0.616. The van der Waals surface area contributed by atoms with Crippen molar-refractivity contribution < 1.29 is 14.6 Å². The van der Waals surface area contributed by atoms with Crippen LogP contribution in [0, 0.1) is 0 Å². The van der Waals surface area contributed by atoms with Crippen molar-refractivity contribution in [3.63, 3.8) is 0 Å². The zero-order valence-corrected chi connectivity index (χ0v) is 12.0. The third-order valence-corrected chi connectivity index (χ3v) is 3.88. The molecule has 5 heteroatoms. The number of hydrogen-bond acceptors (Lipinski definition) is 5. The Balaban J connectivity index is 3.96. The van der Waals surface area contributed by atoms with Crippen LogP contribution in [0.4, 0.5) is 0 Å². The van der Waals surface area contributed by atoms with Gasteiger partial charge in [-0.05, 0) is 32.6 Å². The van der Waals surface area contributed by atoms with Gasteiger partial charge in [0.1, 0.15) is 6.04 Å². The maximum atomic E-state index is 11.6. The van der Waals surface area contributed by atoms with Gasteiger partial charge in [0, 0.05) is 5.25 Å². The lowest BCUT2D eigenvalue weighted by Crippen LogP contribution is -2.38. The Morgan fingerprint density at radius 2 is 2.06 bits per heavy atom. The summed E-state index contributed by atoms with van der Waals surface area (Å²) in [6, 6.07) is -0.228. The van der Waals surface area contributed by atoms with Gasteiger partial charge in [-0.3, -0.25) is 4.79 Å². The standard InChI is InChI=1S/C12H25NO3S/c1-5-13-11(12(15)16-6-2)7-8-17-10(4)9(3)14/h9-11,13-14H,5-8H2,1-4H3. The van der Waals surface area contributed by atoms with Crippen LogP contribution in [-0.4, -0.2) is 47.4 Å². The van der Waals surface area contributed by atoms with Gasteiger partial charge >= 0.3 is 5.97 Å². The maximum Gasteiger partial charge on any atom is 0.323 e. The monoisotopic (exact) mass is 263 g/mol. The van der Waals surface area contributed by atoms with Crippen molar-refractivity contribution in [3.8, 4) is 0 Å². The molecule has 17 heavy (non-hydrogen) atoms. The van der Waals surface area contributed by atoms with Gasteiger partial charge in [0.2, 0.25) is 0 Å². The number of thioether (sulfide) groups is 1. The number of carbonyl (C=O) groups excluding carboxylic acids is 1. The number of ether oxygens (including phenoxy) is 1. The van der Waals surface area contributed by atoms with Gasteiger partial charge < -0.3 is 15.2 Å². The summed E-state index contributed by atoms with van der Waals surface area (Å²) in [6.45, 7) is 8.72. The van der Waals surface area contributed by atoms with Crippen molar-refractivity contribution in [2.45, 2.75) is 51.5 Å². The molecule has 0 bridgehead atoms. The van der Waals surface area contributed by atoms with Crippen molar-refractivity contribution in [1.82, 2.24) is 5.32 Å². The van der Waals surface area contributed by atoms with E-state index in [0.717, 1.165) is 18.7 Å². The first-order valence-electron chi connectivity index (χ1n) is 6.22. The normalized spacial score (nSPS) is 16.3. The molecule has 2 N–H and O–H groups in total. The van der Waals surface area contributed by atoms with E-state index in [4.69, 9.17) is 4.74 Å². The second-order valence-electron chi connectivity index (χ2n) is 3.97. The molecule has 0 fully saturated rings. The van der Waals surface area contributed by atoms with E-state index in [2.05, 4.69) is 5.32 Å². The predicted molar refractivity (Wildman–Crippen MR) is 72.3 cm³/mol. The molecule has 102 valence electrons. The largest absolute Gasteiger partial charge is 0.465 e. The summed E-state index contributed by atoms with van der Waals surface area (Å²) < 4.78 is 5.00. The maximum absolute atomic E-state index is 11.6. The second-order valence-corrected chi connectivity index (χ2v) is 5.45. The first kappa shape index (κ1) is 16.7. The van der Waals surface area contributed by atoms with Crippen LogP contribution in [0.5, 0.6) is 0 Å². The Morgan fingerprint density at radius 3 is 2.53 bits per heavy atom. The molecule has 0 aliphatic heterocycles. The molecule has 3 unspecified atom stereocenters. The van der Waals surface area contributed by atoms with E-state index in [0.29, 0.717) is 6.61 Å². The molecule has 0 spiro atoms. The lowest BCUT2D eigenvalue weighted by Gasteiger charge is -2.18. The number of hydrogen-bond donors (Lipinski definition) is 2. The Hall–Kier alpha value is -0.260. The van der Waals surface area contributed by atoms with Crippen molar-refractivity contribution in [2.24, 2.45) is 0 Å². The van der Waals surface area contributed by atoms with Gasteiger partial charge in [-0.2, -0.15) is 11.8 Å². The van der Waals surface area contributed by atoms with E-state index < -0.39 is 0 Å². The Morgan fingerprint density at radius 1 is 1.41 bits per heavy atom. The molecule has 0 amide bonds. The molecule has 0 aromatic heterocycles. The highest BCUT2D eigenvalue weighted by Crippen LogP contribution is 2.16. The van der Waals surface area contributed by atoms with Crippen molar-refractivity contribution in [1.29, 1.82) is 0 Å². The van der Waals surface area contributed by atoms with Gasteiger partial charge in [0.05, 0.1) is 12.7 Å². The summed E-state index contributed by atoms with van der Waals surface area (Å²) >= 11 is 1.68. The molecule has 0 aromatic rings. The van der Waals surface area contributed by atoms with E-state index in [1.807, 2.05) is 20.8 Å². The molecule has 0 aliphatic rings. The third kappa shape index (κ3) is 7.63. The molecular weight excluding hydrogens is 238 g/mol. The lowest BCUT2D eigenvalue weighted by atomic mass is 10.2. The van der Waals surface area contributed by atoms with E-state index >= 15 is 0 Å². The number of carbonyl (C=O) groups is 1. The van der Waals surface area contributed by atoms with Crippen LogP contribution in [0.1, 0.15) is 34.1 Å². The number of likely N-dealkylation sites (N-methyl/N-ethyl adjacent to an activating group) is 1. The Kier molecular flexibility index (Phi) is 9.59. The van der Waals surface area contributed by atoms with E-state index in [1.165, 1.54) is 0 Å². The first-order valence-corrected chi connectivity index (χ1v) is 7.27. The van der Waals surface area contributed by atoms with E-state index in [1.54, 1.807) is 18.7 Å². The summed E-state index contributed by atoms with van der Waals surface area (Å²) in [7, 11) is 0. The fourth-order valence-corrected chi connectivity index (χ4v) is 2.33.